The van der Waals surface area contributed by atoms with Gasteiger partial charge in [-0.2, -0.15) is 0 Å². The van der Waals surface area contributed by atoms with Gasteiger partial charge < -0.3 is 19.2 Å². The molecule has 1 aliphatic heterocycles. The van der Waals surface area contributed by atoms with E-state index >= 15 is 0 Å². The highest BCUT2D eigenvalue weighted by Gasteiger charge is 2.20. The van der Waals surface area contributed by atoms with Crippen LogP contribution in [0.2, 0.25) is 5.02 Å². The number of hydrogen-bond acceptors (Lipinski definition) is 7. The number of nitrogens with zero attached hydrogens (tertiary/aromatic N) is 2. The first-order valence-corrected chi connectivity index (χ1v) is 9.31. The second-order valence-corrected chi connectivity index (χ2v) is 7.43. The van der Waals surface area contributed by atoms with Crippen LogP contribution in [0.25, 0.3) is 11.5 Å². The van der Waals surface area contributed by atoms with E-state index < -0.39 is 5.25 Å². The van der Waals surface area contributed by atoms with E-state index in [4.69, 9.17) is 25.5 Å². The van der Waals surface area contributed by atoms with Crippen molar-refractivity contribution in [2.24, 2.45) is 0 Å². The van der Waals surface area contributed by atoms with Gasteiger partial charge in [-0.15, -0.1) is 10.2 Å². The molecule has 0 aliphatic carbocycles. The molecule has 3 aromatic rings. The van der Waals surface area contributed by atoms with Crippen molar-refractivity contribution in [1.29, 1.82) is 0 Å². The predicted octanol–water partition coefficient (Wildman–Crippen LogP) is 4.24. The van der Waals surface area contributed by atoms with Gasteiger partial charge >= 0.3 is 0 Å². The lowest BCUT2D eigenvalue weighted by atomic mass is 10.2. The first-order chi connectivity index (χ1) is 13.1. The van der Waals surface area contributed by atoms with E-state index in [1.165, 1.54) is 11.8 Å². The Hall–Kier alpha value is -2.71. The second-order valence-electron chi connectivity index (χ2n) is 5.70. The van der Waals surface area contributed by atoms with Crippen molar-refractivity contribution >= 4 is 35.0 Å². The number of fused-ring (bicyclic) bond motifs is 1. The molecule has 0 radical (unpaired) electrons. The highest BCUT2D eigenvalue weighted by atomic mass is 35.5. The van der Waals surface area contributed by atoms with Gasteiger partial charge in [0.1, 0.15) is 0 Å². The first-order valence-electron chi connectivity index (χ1n) is 8.05. The van der Waals surface area contributed by atoms with E-state index in [-0.39, 0.29) is 12.7 Å². The molecule has 0 bridgehead atoms. The average molecular weight is 404 g/mol. The van der Waals surface area contributed by atoms with Gasteiger partial charge in [0.25, 0.3) is 5.22 Å². The van der Waals surface area contributed by atoms with Gasteiger partial charge in [-0.05, 0) is 49.4 Å². The van der Waals surface area contributed by atoms with Gasteiger partial charge in [0.05, 0.1) is 5.25 Å². The molecule has 1 aliphatic rings. The Kier molecular flexibility index (Phi) is 4.91. The Balaban J connectivity index is 1.41. The molecule has 1 N–H and O–H groups in total. The minimum atomic E-state index is -0.425. The highest BCUT2D eigenvalue weighted by molar-refractivity contribution is 8.00. The smallest absolute Gasteiger partial charge is 0.277 e. The lowest BCUT2D eigenvalue weighted by molar-refractivity contribution is -0.115. The molecular weight excluding hydrogens is 390 g/mol. The van der Waals surface area contributed by atoms with Crippen LogP contribution in [0.1, 0.15) is 6.92 Å². The summed E-state index contributed by atoms with van der Waals surface area (Å²) in [6.07, 6.45) is 0. The quantitative estimate of drug-likeness (QED) is 0.637. The third-order valence-electron chi connectivity index (χ3n) is 3.78. The molecule has 0 saturated heterocycles. The molecule has 4 rings (SSSR count). The zero-order chi connectivity index (χ0) is 18.8. The van der Waals surface area contributed by atoms with Crippen LogP contribution in [0.3, 0.4) is 0 Å². The number of carbonyl (C=O) groups excluding carboxylic acids is 1. The molecule has 1 aromatic heterocycles. The summed E-state index contributed by atoms with van der Waals surface area (Å²) in [6, 6.07) is 12.3. The van der Waals surface area contributed by atoms with Gasteiger partial charge in [0.2, 0.25) is 18.6 Å². The van der Waals surface area contributed by atoms with Crippen molar-refractivity contribution in [3.05, 3.63) is 47.5 Å². The van der Waals surface area contributed by atoms with E-state index in [2.05, 4.69) is 15.5 Å². The number of thioether (sulfide) groups is 1. The van der Waals surface area contributed by atoms with Crippen LogP contribution >= 0.6 is 23.4 Å². The van der Waals surface area contributed by atoms with Crippen LogP contribution in [-0.4, -0.2) is 28.1 Å². The Labute approximate surface area is 164 Å². The van der Waals surface area contributed by atoms with Crippen LogP contribution < -0.4 is 14.8 Å². The second kappa shape index (κ2) is 7.50. The van der Waals surface area contributed by atoms with Gasteiger partial charge in [0.15, 0.2) is 11.5 Å². The maximum atomic E-state index is 12.3. The van der Waals surface area contributed by atoms with E-state index in [1.807, 2.05) is 6.07 Å². The fourth-order valence-electron chi connectivity index (χ4n) is 2.39. The number of ether oxygens (including phenoxy) is 2. The third-order valence-corrected chi connectivity index (χ3v) is 4.97. The van der Waals surface area contributed by atoms with Gasteiger partial charge in [-0.1, -0.05) is 23.4 Å². The van der Waals surface area contributed by atoms with Crippen LogP contribution in [-0.2, 0) is 4.79 Å². The summed E-state index contributed by atoms with van der Waals surface area (Å²) in [5.41, 5.74) is 1.39. The summed E-state index contributed by atoms with van der Waals surface area (Å²) in [5, 5.41) is 11.3. The molecule has 138 valence electrons. The summed E-state index contributed by atoms with van der Waals surface area (Å²) in [7, 11) is 0. The van der Waals surface area contributed by atoms with Gasteiger partial charge in [0, 0.05) is 16.3 Å². The monoisotopic (exact) mass is 403 g/mol. The Bertz CT molecular complexity index is 977. The minimum Gasteiger partial charge on any atom is -0.454 e. The van der Waals surface area contributed by atoms with E-state index in [0.29, 0.717) is 33.3 Å². The fraction of sp³-hybridized carbons (Fsp3) is 0.167. The number of aromatic nitrogens is 2. The summed E-state index contributed by atoms with van der Waals surface area (Å²) in [6.45, 7) is 1.96. The van der Waals surface area contributed by atoms with Crippen molar-refractivity contribution in [3.63, 3.8) is 0 Å². The lowest BCUT2D eigenvalue weighted by Gasteiger charge is -2.09. The topological polar surface area (TPSA) is 86.5 Å². The van der Waals surface area contributed by atoms with Crippen molar-refractivity contribution in [3.8, 4) is 23.0 Å². The van der Waals surface area contributed by atoms with Gasteiger partial charge in [-0.25, -0.2) is 0 Å². The number of amides is 1. The summed E-state index contributed by atoms with van der Waals surface area (Å²) in [4.78, 5) is 12.3. The summed E-state index contributed by atoms with van der Waals surface area (Å²) < 4.78 is 16.3. The first kappa shape index (κ1) is 17.7. The molecule has 27 heavy (non-hydrogen) atoms. The van der Waals surface area contributed by atoms with E-state index in [0.717, 1.165) is 5.56 Å². The van der Waals surface area contributed by atoms with Gasteiger partial charge in [-0.3, -0.25) is 4.79 Å². The molecule has 0 fully saturated rings. The highest BCUT2D eigenvalue weighted by Crippen LogP contribution is 2.36. The molecule has 1 amide bonds. The van der Waals surface area contributed by atoms with Crippen molar-refractivity contribution in [2.75, 3.05) is 12.1 Å². The zero-order valence-corrected chi connectivity index (χ0v) is 15.7. The normalized spacial score (nSPS) is 13.4. The molecular formula is C18H14ClN3O4S. The number of halogens is 1. The molecule has 0 saturated carbocycles. The molecule has 1 atom stereocenters. The Morgan fingerprint density at radius 3 is 2.74 bits per heavy atom. The van der Waals surface area contributed by atoms with Crippen molar-refractivity contribution in [2.45, 2.75) is 17.4 Å². The van der Waals surface area contributed by atoms with Crippen LogP contribution in [0.5, 0.6) is 11.5 Å². The molecule has 2 aromatic carbocycles. The molecule has 2 heterocycles. The number of hydrogen-bond donors (Lipinski definition) is 1. The van der Waals surface area contributed by atoms with Crippen LogP contribution in [0.15, 0.2) is 52.1 Å². The fourth-order valence-corrected chi connectivity index (χ4v) is 3.19. The maximum Gasteiger partial charge on any atom is 0.277 e. The molecule has 9 heteroatoms. The zero-order valence-electron chi connectivity index (χ0n) is 14.1. The average Bonchev–Trinajstić information content (AvgIpc) is 3.32. The summed E-state index contributed by atoms with van der Waals surface area (Å²) in [5.74, 6) is 1.49. The van der Waals surface area contributed by atoms with Crippen LogP contribution in [0.4, 0.5) is 5.69 Å². The van der Waals surface area contributed by atoms with E-state index in [1.54, 1.807) is 43.3 Å². The Morgan fingerprint density at radius 2 is 1.93 bits per heavy atom. The number of carbonyl (C=O) groups is 1. The minimum absolute atomic E-state index is 0.176. The lowest BCUT2D eigenvalue weighted by Crippen LogP contribution is -2.22. The van der Waals surface area contributed by atoms with Crippen molar-refractivity contribution in [1.82, 2.24) is 10.2 Å². The largest absolute Gasteiger partial charge is 0.454 e. The molecule has 0 unspecified atom stereocenters. The SMILES string of the molecule is C[C@@H](Sc1nnc(-c2ccc3c(c2)OCO3)o1)C(=O)Nc1ccc(Cl)cc1. The molecule has 0 spiro atoms. The Morgan fingerprint density at radius 1 is 1.15 bits per heavy atom. The van der Waals surface area contributed by atoms with E-state index in [9.17, 15) is 4.79 Å². The standard InChI is InChI=1S/C18H14ClN3O4S/c1-10(16(23)20-13-5-3-12(19)4-6-13)27-18-22-21-17(26-18)11-2-7-14-15(8-11)25-9-24-14/h2-8,10H,9H2,1H3,(H,20,23)/t10-/m1/s1. The maximum absolute atomic E-state index is 12.3. The number of rotatable bonds is 5. The predicted molar refractivity (Wildman–Crippen MR) is 101 cm³/mol. The number of anilines is 1. The van der Waals surface area contributed by atoms with Crippen molar-refractivity contribution < 1.29 is 18.7 Å². The number of benzene rings is 2. The summed E-state index contributed by atoms with van der Waals surface area (Å²) >= 11 is 7.02. The third kappa shape index (κ3) is 4.01. The van der Waals surface area contributed by atoms with Crippen LogP contribution in [0, 0.1) is 0 Å². The molecule has 7 nitrogen and oxygen atoms in total. The number of nitrogens with one attached hydrogen (secondary N) is 1.